The van der Waals surface area contributed by atoms with E-state index in [4.69, 9.17) is 59.5 Å². The van der Waals surface area contributed by atoms with Gasteiger partial charge in [0.1, 0.15) is 28.7 Å². The first-order chi connectivity index (χ1) is 59.5. The highest BCUT2D eigenvalue weighted by Gasteiger charge is 2.42. The molecule has 17 rings (SSSR count). The summed E-state index contributed by atoms with van der Waals surface area (Å²) in [4.78, 5) is 59.1. The zero-order chi connectivity index (χ0) is 89.0. The van der Waals surface area contributed by atoms with Crippen molar-refractivity contribution in [2.45, 2.75) is 95.4 Å². The number of sulfone groups is 1. The number of thiophene rings is 17. The lowest BCUT2D eigenvalue weighted by Crippen LogP contribution is -2.10. The molecular weight excluding hydrogens is 2190 g/mol. The van der Waals surface area contributed by atoms with E-state index in [1.165, 1.54) is 108 Å². The minimum absolute atomic E-state index is 0.0800. The van der Waals surface area contributed by atoms with Gasteiger partial charge < -0.3 is 24.7 Å². The highest BCUT2D eigenvalue weighted by molar-refractivity contribution is 9.11. The Morgan fingerprint density at radius 1 is 0.480 bits per heavy atom. The van der Waals surface area contributed by atoms with E-state index in [0.29, 0.717) is 62.4 Å². The molecule has 0 unspecified atom stereocenters. The molecular formula is C90H69Br3Cl3NO9S19. The molecule has 0 saturated heterocycles. The van der Waals surface area contributed by atoms with Gasteiger partial charge in [0, 0.05) is 197 Å². The van der Waals surface area contributed by atoms with Gasteiger partial charge in [0.05, 0.1) is 79.4 Å². The topological polar surface area (TPSA) is 148 Å². The van der Waals surface area contributed by atoms with Crippen molar-refractivity contribution in [2.75, 3.05) is 40.4 Å². The maximum atomic E-state index is 14.9. The summed E-state index contributed by atoms with van der Waals surface area (Å²) in [6.07, 6.45) is 3.33. The Hall–Kier alpha value is -4.48. The molecule has 2 N–H and O–H groups in total. The number of thioether (sulfide) groups is 1. The van der Waals surface area contributed by atoms with Crippen molar-refractivity contribution in [3.8, 4) is 192 Å². The third kappa shape index (κ3) is 16.6. The predicted octanol–water partition coefficient (Wildman–Crippen LogP) is 36.9. The molecule has 0 fully saturated rings. The summed E-state index contributed by atoms with van der Waals surface area (Å²) in [5.41, 5.74) is 22.9. The quantitative estimate of drug-likeness (QED) is 0.0410. The number of carbonyl (C=O) groups excluding carboxylic acids is 3. The van der Waals surface area contributed by atoms with E-state index in [0.717, 1.165) is 201 Å². The Bertz CT molecular complexity index is 7290. The standard InChI is InChI=1S/C90H69Br3Cl3NO9S19/c1-17-106-66-51(80-65(95)50(32-113-80)76-44(25-55(94)118-76)79-64(92)49(31-112-79)72-42(24-54(91)117-72)60-67(104-13)86(93)123-78(60)48-29-109-34-52(48)103-12)33-114-81(66)46-27-57(125(16,101)102)120-74(46)45-26-56(107-15)119-73(45)43-22-35(2)115-75(43)47-30-111-69(36(47)3)83-62(68(105-14)87(96)124-83)61-63(84(88(97)100)122-85(61)90(9,10)11)82-59(41-23-53(89(6,7)8)116-71(41)38(5)99)58(39-18-20-108-28-39)77(121-82)40-19-21-110-70(40)37(4)98/h18-34H,17H2,1-16H3,(H2,97,100). The number of halogens is 6. The van der Waals surface area contributed by atoms with Gasteiger partial charge in [-0.3, -0.25) is 14.4 Å². The Kier molecular flexibility index (Phi) is 26.7. The lowest BCUT2D eigenvalue weighted by molar-refractivity contribution is 0.0999. The van der Waals surface area contributed by atoms with Crippen molar-refractivity contribution in [1.29, 1.82) is 0 Å². The molecule has 35 heteroatoms. The second-order valence-corrected chi connectivity index (χ2v) is 55.8. The summed E-state index contributed by atoms with van der Waals surface area (Å²) in [7, 11) is 1.24. The molecule has 0 saturated carbocycles. The molecule has 0 bridgehead atoms. The average molecular weight is 2260 g/mol. The Morgan fingerprint density at radius 2 is 1.13 bits per heavy atom. The number of hydrogen-bond donors (Lipinski definition) is 1. The highest BCUT2D eigenvalue weighted by Crippen LogP contribution is 2.67. The third-order valence-corrected chi connectivity index (χ3v) is 45.9. The van der Waals surface area contributed by atoms with E-state index in [-0.39, 0.29) is 21.2 Å². The number of methoxy groups -OCH3 is 3. The SMILES string of the molecule is CCOc1c(-c2scc(-c3sc(Cl)cc3-c3scc(-c4sc(Br)cc4-c4c(-c5cscc5OC)sc(Br)c4OC)c3Br)c2Cl)csc1-c1cc(S(C)(=O)=O)sc1-c1cc(SC)sc1-c1cc(C)sc1-c1csc(-c2sc(Cl)c(OC)c2-c2c(C(C)(C)C)sc(C(N)=O)c2-c2sc(-c3ccsc3C(C)=O)c(-c3ccsc3)c2-c2cc(C(C)(C)C)sc2C(C)=O)c1C. The molecule has 0 aromatic carbocycles. The number of rotatable bonds is 26. The number of Topliss-reactive ketones (excluding diaryl/α,β-unsaturated/α-hetero) is 2. The molecule has 0 radical (unpaired) electrons. The number of hydrogen-bond acceptors (Lipinski definition) is 27. The molecule has 1 amide bonds. The van der Waals surface area contributed by atoms with Crippen LogP contribution in [0.5, 0.6) is 23.0 Å². The monoisotopic (exact) mass is 2260 g/mol. The van der Waals surface area contributed by atoms with Crippen molar-refractivity contribution < 1.29 is 41.7 Å². The van der Waals surface area contributed by atoms with Crippen LogP contribution >= 0.6 is 287 Å². The van der Waals surface area contributed by atoms with E-state index in [2.05, 4.69) is 172 Å². The van der Waals surface area contributed by atoms with Crippen LogP contribution in [0.4, 0.5) is 0 Å². The Labute approximate surface area is 836 Å². The maximum absolute atomic E-state index is 14.9. The molecule has 17 heterocycles. The van der Waals surface area contributed by atoms with Gasteiger partial charge in [-0.05, 0) is 175 Å². The van der Waals surface area contributed by atoms with Gasteiger partial charge in [0.25, 0.3) is 5.91 Å². The summed E-state index contributed by atoms with van der Waals surface area (Å²) in [6, 6.07) is 16.6. The summed E-state index contributed by atoms with van der Waals surface area (Å²) >= 11 is 61.9. The van der Waals surface area contributed by atoms with E-state index in [1.54, 1.807) is 138 Å². The number of nitrogens with two attached hydrogens (primary N) is 1. The molecule has 0 aliphatic carbocycles. The van der Waals surface area contributed by atoms with E-state index in [9.17, 15) is 22.8 Å². The summed E-state index contributed by atoms with van der Waals surface area (Å²) < 4.78 is 58.8. The van der Waals surface area contributed by atoms with Gasteiger partial charge in [-0.2, -0.15) is 11.3 Å². The van der Waals surface area contributed by atoms with Crippen LogP contribution in [0.15, 0.2) is 117 Å². The van der Waals surface area contributed by atoms with Crippen LogP contribution in [0.2, 0.25) is 13.7 Å². The summed E-state index contributed by atoms with van der Waals surface area (Å²) in [6.45, 7) is 22.6. The lowest BCUT2D eigenvalue weighted by atomic mass is 9.84. The van der Waals surface area contributed by atoms with Crippen LogP contribution in [-0.2, 0) is 20.7 Å². The van der Waals surface area contributed by atoms with Crippen LogP contribution in [0.25, 0.3) is 169 Å². The minimum atomic E-state index is -3.78. The van der Waals surface area contributed by atoms with Crippen molar-refractivity contribution in [3.05, 3.63) is 158 Å². The number of ether oxygens (including phenoxy) is 4. The normalized spacial score (nSPS) is 12.2. The number of aryl methyl sites for hydroxylation is 1. The van der Waals surface area contributed by atoms with Gasteiger partial charge in [-0.15, -0.1) is 193 Å². The molecule has 17 aromatic rings. The van der Waals surface area contributed by atoms with Gasteiger partial charge in [0.2, 0.25) is 0 Å². The fraction of sp³-hybridized carbons (Fsp3) is 0.211. The third-order valence-electron chi connectivity index (χ3n) is 20.7. The second kappa shape index (κ2) is 36.1. The molecule has 644 valence electrons. The molecule has 0 aliphatic rings. The Morgan fingerprint density at radius 3 is 1.80 bits per heavy atom. The molecule has 17 aromatic heterocycles. The zero-order valence-corrected chi connectivity index (χ0v) is 91.3. The maximum Gasteiger partial charge on any atom is 0.259 e. The number of primary amides is 1. The van der Waals surface area contributed by atoms with E-state index >= 15 is 0 Å². The van der Waals surface area contributed by atoms with Crippen LogP contribution < -0.4 is 24.7 Å². The highest BCUT2D eigenvalue weighted by atomic mass is 79.9. The van der Waals surface area contributed by atoms with Crippen LogP contribution in [0, 0.1) is 13.8 Å². The first kappa shape index (κ1) is 92.4. The number of ketones is 2. The Balaban J connectivity index is 0.780. The molecule has 0 aliphatic heterocycles. The summed E-state index contributed by atoms with van der Waals surface area (Å²) in [5, 5.41) is 19.3. The fourth-order valence-electron chi connectivity index (χ4n) is 15.2. The smallest absolute Gasteiger partial charge is 0.259 e. The molecule has 10 nitrogen and oxygen atoms in total. The van der Waals surface area contributed by atoms with E-state index in [1.807, 2.05) is 41.3 Å². The van der Waals surface area contributed by atoms with Crippen molar-refractivity contribution in [2.24, 2.45) is 5.73 Å². The summed E-state index contributed by atoms with van der Waals surface area (Å²) in [5.74, 6) is 1.75. The van der Waals surface area contributed by atoms with Gasteiger partial charge in [-0.25, -0.2) is 8.42 Å². The van der Waals surface area contributed by atoms with Crippen molar-refractivity contribution >= 4 is 314 Å². The lowest BCUT2D eigenvalue weighted by Gasteiger charge is -2.21. The molecule has 0 spiro atoms. The van der Waals surface area contributed by atoms with Crippen molar-refractivity contribution in [1.82, 2.24) is 0 Å². The van der Waals surface area contributed by atoms with E-state index < -0.39 is 21.2 Å². The fourth-order valence-corrected chi connectivity index (χ4v) is 38.9. The van der Waals surface area contributed by atoms with Crippen LogP contribution in [0.1, 0.15) is 112 Å². The van der Waals surface area contributed by atoms with Gasteiger partial charge >= 0.3 is 0 Å². The zero-order valence-electron chi connectivity index (χ0n) is 68.8. The number of carbonyl (C=O) groups is 3. The molecule has 0 atom stereocenters. The molecule has 125 heavy (non-hydrogen) atoms. The average Bonchev–Trinajstić information content (AvgIpc) is 1.55. The van der Waals surface area contributed by atoms with Gasteiger partial charge in [0.15, 0.2) is 32.9 Å². The largest absolute Gasteiger partial charge is 0.495 e. The van der Waals surface area contributed by atoms with Crippen molar-refractivity contribution in [3.63, 3.8) is 0 Å². The van der Waals surface area contributed by atoms with Crippen LogP contribution in [0.3, 0.4) is 0 Å². The van der Waals surface area contributed by atoms with Crippen LogP contribution in [-0.4, -0.2) is 66.3 Å². The number of amides is 1. The first-order valence-corrected chi connectivity index (χ1v) is 58.9. The predicted molar refractivity (Wildman–Crippen MR) is 567 cm³/mol. The first-order valence-electron chi connectivity index (χ1n) is 37.8. The minimum Gasteiger partial charge on any atom is -0.495 e. The second-order valence-electron chi connectivity index (χ2n) is 30.8. The van der Waals surface area contributed by atoms with Gasteiger partial charge in [-0.1, -0.05) is 76.3 Å².